The quantitative estimate of drug-likeness (QED) is 0.0320. The molecule has 0 spiro atoms. The number of carbonyl (C=O) groups excluding carboxylic acids is 2. The number of hydrogen-bond acceptors (Lipinski definition) is 5. The van der Waals surface area contributed by atoms with Crippen molar-refractivity contribution in [1.82, 2.24) is 5.32 Å². The molecule has 3 N–H and O–H groups in total. The minimum atomic E-state index is -0.846. The molecule has 0 saturated carbocycles. The Kier molecular flexibility index (Phi) is 61.4. The molecule has 2 atom stereocenters. The molecule has 6 heteroatoms. The summed E-state index contributed by atoms with van der Waals surface area (Å²) >= 11 is 0. The van der Waals surface area contributed by atoms with Gasteiger partial charge in [0, 0.05) is 12.8 Å². The molecular weight excluding hydrogens is 899 g/mol. The van der Waals surface area contributed by atoms with Crippen LogP contribution in [0.2, 0.25) is 0 Å². The Balaban J connectivity index is 3.39. The summed E-state index contributed by atoms with van der Waals surface area (Å²) in [6.45, 7) is 4.93. The monoisotopic (exact) mass is 1030 g/mol. The molecule has 432 valence electrons. The average molecular weight is 1030 g/mol. The largest absolute Gasteiger partial charge is 0.466 e. The number of rotatable bonds is 62. The molecule has 1 amide bonds. The van der Waals surface area contributed by atoms with Crippen molar-refractivity contribution in [2.75, 3.05) is 13.2 Å². The first-order valence-corrected chi connectivity index (χ1v) is 33.1. The van der Waals surface area contributed by atoms with Gasteiger partial charge in [0.25, 0.3) is 0 Å². The molecule has 0 heterocycles. The maximum Gasteiger partial charge on any atom is 0.305 e. The molecule has 0 aliphatic rings. The van der Waals surface area contributed by atoms with Gasteiger partial charge < -0.3 is 20.3 Å². The predicted octanol–water partition coefficient (Wildman–Crippen LogP) is 21.0. The van der Waals surface area contributed by atoms with Crippen molar-refractivity contribution in [2.45, 2.75) is 379 Å². The lowest BCUT2D eigenvalue weighted by Gasteiger charge is -2.20. The van der Waals surface area contributed by atoms with Gasteiger partial charge in [-0.2, -0.15) is 0 Å². The van der Waals surface area contributed by atoms with Gasteiger partial charge in [0.05, 0.1) is 25.4 Å². The van der Waals surface area contributed by atoms with E-state index in [1.165, 1.54) is 302 Å². The summed E-state index contributed by atoms with van der Waals surface area (Å²) < 4.78 is 5.50. The highest BCUT2D eigenvalue weighted by molar-refractivity contribution is 5.76. The normalized spacial score (nSPS) is 12.7. The van der Waals surface area contributed by atoms with Crippen molar-refractivity contribution in [3.05, 3.63) is 24.3 Å². The average Bonchev–Trinajstić information content (AvgIpc) is 3.39. The van der Waals surface area contributed by atoms with E-state index in [-0.39, 0.29) is 18.5 Å². The van der Waals surface area contributed by atoms with Crippen molar-refractivity contribution in [3.8, 4) is 0 Å². The second kappa shape index (κ2) is 62.9. The highest BCUT2D eigenvalue weighted by Gasteiger charge is 2.18. The first-order chi connectivity index (χ1) is 36.0. The molecule has 0 aliphatic heterocycles. The number of ether oxygens (including phenoxy) is 1. The van der Waals surface area contributed by atoms with Gasteiger partial charge in [-0.3, -0.25) is 9.59 Å². The van der Waals surface area contributed by atoms with Gasteiger partial charge in [0.1, 0.15) is 0 Å². The van der Waals surface area contributed by atoms with Gasteiger partial charge in [0.2, 0.25) is 5.91 Å². The minimum Gasteiger partial charge on any atom is -0.466 e. The lowest BCUT2D eigenvalue weighted by molar-refractivity contribution is -0.143. The topological polar surface area (TPSA) is 95.9 Å². The third kappa shape index (κ3) is 59.4. The van der Waals surface area contributed by atoms with Gasteiger partial charge in [-0.15, -0.1) is 0 Å². The molecule has 0 saturated heterocycles. The van der Waals surface area contributed by atoms with Crippen LogP contribution in [0.3, 0.4) is 0 Å². The zero-order chi connectivity index (χ0) is 52.9. The Labute approximate surface area is 456 Å². The van der Waals surface area contributed by atoms with E-state index in [2.05, 4.69) is 31.3 Å². The summed E-state index contributed by atoms with van der Waals surface area (Å²) in [5.41, 5.74) is 0. The first kappa shape index (κ1) is 71.3. The second-order valence-electron chi connectivity index (χ2n) is 22.8. The summed E-state index contributed by atoms with van der Waals surface area (Å²) in [5, 5.41) is 23.1. The zero-order valence-corrected chi connectivity index (χ0v) is 49.4. The molecule has 0 aromatic heterocycles. The van der Waals surface area contributed by atoms with E-state index in [0.29, 0.717) is 19.4 Å². The summed E-state index contributed by atoms with van der Waals surface area (Å²) in [5.74, 6) is -0.0540. The number of unbranched alkanes of at least 4 members (excludes halogenated alkanes) is 49. The molecule has 2 unspecified atom stereocenters. The lowest BCUT2D eigenvalue weighted by Crippen LogP contribution is -2.45. The van der Waals surface area contributed by atoms with E-state index < -0.39 is 12.1 Å². The van der Waals surface area contributed by atoms with Crippen LogP contribution in [0, 0.1) is 0 Å². The van der Waals surface area contributed by atoms with Gasteiger partial charge in [-0.1, -0.05) is 321 Å². The van der Waals surface area contributed by atoms with E-state index in [1.54, 1.807) is 6.08 Å². The van der Waals surface area contributed by atoms with Gasteiger partial charge in [0.15, 0.2) is 0 Å². The molecule has 73 heavy (non-hydrogen) atoms. The first-order valence-electron chi connectivity index (χ1n) is 33.1. The Morgan fingerprint density at radius 3 is 0.973 bits per heavy atom. The Bertz CT molecular complexity index is 1140. The van der Waals surface area contributed by atoms with Crippen LogP contribution in [0.5, 0.6) is 0 Å². The second-order valence-corrected chi connectivity index (χ2v) is 22.8. The number of esters is 1. The highest BCUT2D eigenvalue weighted by Crippen LogP contribution is 2.18. The van der Waals surface area contributed by atoms with Crippen LogP contribution in [-0.2, 0) is 14.3 Å². The number of aliphatic hydroxyl groups is 2. The summed E-state index contributed by atoms with van der Waals surface area (Å²) in [6.07, 6.45) is 78.1. The fraction of sp³-hybridized carbons (Fsp3) is 0.910. The fourth-order valence-corrected chi connectivity index (χ4v) is 10.4. The molecule has 0 bridgehead atoms. The number of amides is 1. The Morgan fingerprint density at radius 1 is 0.370 bits per heavy atom. The zero-order valence-electron chi connectivity index (χ0n) is 49.4. The van der Waals surface area contributed by atoms with Gasteiger partial charge in [-0.05, 0) is 57.8 Å². The summed E-state index contributed by atoms with van der Waals surface area (Å²) in [4.78, 5) is 24.6. The van der Waals surface area contributed by atoms with Crippen LogP contribution >= 0.6 is 0 Å². The number of aliphatic hydroxyl groups excluding tert-OH is 2. The lowest BCUT2D eigenvalue weighted by atomic mass is 10.0. The van der Waals surface area contributed by atoms with Crippen LogP contribution < -0.4 is 5.32 Å². The van der Waals surface area contributed by atoms with Crippen LogP contribution in [0.4, 0.5) is 0 Å². The van der Waals surface area contributed by atoms with Crippen LogP contribution in [0.1, 0.15) is 367 Å². The van der Waals surface area contributed by atoms with Gasteiger partial charge >= 0.3 is 5.97 Å². The minimum absolute atomic E-state index is 0.0169. The van der Waals surface area contributed by atoms with Crippen LogP contribution in [0.25, 0.3) is 0 Å². The van der Waals surface area contributed by atoms with Crippen molar-refractivity contribution in [2.24, 2.45) is 0 Å². The smallest absolute Gasteiger partial charge is 0.305 e. The molecule has 0 aromatic rings. The fourth-order valence-electron chi connectivity index (χ4n) is 10.4. The standard InChI is InChI=1S/C67H129NO5/c1-3-5-7-9-11-13-15-17-19-20-30-33-37-41-45-49-53-57-61-67(72)73-62-58-54-50-46-42-38-34-31-28-26-24-22-21-23-25-27-29-32-36-40-44-48-52-56-60-66(71)68-64(63-69)65(70)59-55-51-47-43-39-35-18-16-14-12-10-8-6-4-2/h23,25,55,59,64-65,69-70H,3-22,24,26-54,56-58,60-63H2,1-2H3,(H,68,71)/b25-23-,59-55+. The number of carbonyl (C=O) groups is 2. The third-order valence-corrected chi connectivity index (χ3v) is 15.5. The number of nitrogens with one attached hydrogen (secondary N) is 1. The maximum absolute atomic E-state index is 12.5. The van der Waals surface area contributed by atoms with Crippen LogP contribution in [-0.4, -0.2) is 47.4 Å². The molecule has 0 rings (SSSR count). The molecule has 6 nitrogen and oxygen atoms in total. The van der Waals surface area contributed by atoms with Crippen LogP contribution in [0.15, 0.2) is 24.3 Å². The van der Waals surface area contributed by atoms with Crippen molar-refractivity contribution >= 4 is 11.9 Å². The SMILES string of the molecule is CCCCCCCCCCCCCC/C=C/C(O)C(CO)NC(=O)CCCCCCCCCC/C=C\CCCCCCCCCCCCCCOC(=O)CCCCCCCCCCCCCCCCCCCC. The maximum atomic E-state index is 12.5. The Hall–Kier alpha value is -1.66. The highest BCUT2D eigenvalue weighted by atomic mass is 16.5. The van der Waals surface area contributed by atoms with E-state index in [0.717, 1.165) is 38.5 Å². The van der Waals surface area contributed by atoms with Crippen molar-refractivity contribution in [3.63, 3.8) is 0 Å². The van der Waals surface area contributed by atoms with E-state index in [4.69, 9.17) is 4.74 Å². The molecular formula is C67H129NO5. The van der Waals surface area contributed by atoms with Gasteiger partial charge in [-0.25, -0.2) is 0 Å². The summed E-state index contributed by atoms with van der Waals surface area (Å²) in [7, 11) is 0. The van der Waals surface area contributed by atoms with E-state index in [9.17, 15) is 19.8 Å². The number of allylic oxidation sites excluding steroid dienone is 3. The summed E-state index contributed by atoms with van der Waals surface area (Å²) in [6, 6.07) is -0.630. The molecule has 0 aromatic carbocycles. The van der Waals surface area contributed by atoms with E-state index >= 15 is 0 Å². The Morgan fingerprint density at radius 2 is 0.644 bits per heavy atom. The molecule has 0 fully saturated rings. The van der Waals surface area contributed by atoms with Crippen molar-refractivity contribution < 1.29 is 24.5 Å². The van der Waals surface area contributed by atoms with Crippen molar-refractivity contribution in [1.29, 1.82) is 0 Å². The number of hydrogen-bond donors (Lipinski definition) is 3. The third-order valence-electron chi connectivity index (χ3n) is 15.5. The molecule has 0 radical (unpaired) electrons. The molecule has 0 aliphatic carbocycles. The predicted molar refractivity (Wildman–Crippen MR) is 320 cm³/mol. The van der Waals surface area contributed by atoms with E-state index in [1.807, 2.05) is 6.08 Å².